The molecule has 0 aliphatic heterocycles. The van der Waals surface area contributed by atoms with Gasteiger partial charge >= 0.3 is 0 Å². The van der Waals surface area contributed by atoms with Crippen molar-refractivity contribution in [3.05, 3.63) is 54.1 Å². The molecule has 82 valence electrons. The minimum Gasteiger partial charge on any atom is -0.228 e. The maximum atomic E-state index is 13.4. The molecule has 0 radical (unpaired) electrons. The zero-order valence-corrected chi connectivity index (χ0v) is 9.44. The van der Waals surface area contributed by atoms with E-state index in [9.17, 15) is 4.39 Å². The molecule has 16 heavy (non-hydrogen) atoms. The maximum Gasteiger partial charge on any atom is 0.220 e. The van der Waals surface area contributed by atoms with E-state index in [-0.39, 0.29) is 0 Å². The summed E-state index contributed by atoms with van der Waals surface area (Å²) < 4.78 is 13.4. The molecule has 0 fully saturated rings. The molecule has 0 N–H and O–H groups in total. The van der Waals surface area contributed by atoms with Crippen LogP contribution in [0.15, 0.2) is 42.6 Å². The van der Waals surface area contributed by atoms with Crippen LogP contribution in [0.5, 0.6) is 0 Å². The van der Waals surface area contributed by atoms with Gasteiger partial charge in [0.05, 0.1) is 0 Å². The molecular weight excluding hydrogens is 201 g/mol. The monoisotopic (exact) mass is 215 g/mol. The fourth-order valence-corrected chi connectivity index (χ4v) is 1.65. The Morgan fingerprint density at radius 1 is 1.06 bits per heavy atom. The van der Waals surface area contributed by atoms with E-state index < -0.39 is 5.95 Å². The summed E-state index contributed by atoms with van der Waals surface area (Å²) in [6.07, 6.45) is 1.46. The van der Waals surface area contributed by atoms with Crippen LogP contribution in [0.4, 0.5) is 4.39 Å². The van der Waals surface area contributed by atoms with Crippen LogP contribution in [0.1, 0.15) is 25.3 Å². The van der Waals surface area contributed by atoms with Gasteiger partial charge in [-0.1, -0.05) is 38.1 Å². The zero-order valence-electron chi connectivity index (χ0n) is 9.44. The van der Waals surface area contributed by atoms with Crippen molar-refractivity contribution < 1.29 is 4.39 Å². The van der Waals surface area contributed by atoms with E-state index >= 15 is 0 Å². The summed E-state index contributed by atoms with van der Waals surface area (Å²) in [6.45, 7) is 4.28. The molecule has 0 saturated heterocycles. The Balaban J connectivity index is 2.39. The lowest BCUT2D eigenvalue weighted by atomic mass is 9.99. The number of hydrogen-bond acceptors (Lipinski definition) is 1. The largest absolute Gasteiger partial charge is 0.228 e. The topological polar surface area (TPSA) is 12.9 Å². The number of nitrogens with zero attached hydrogens (tertiary/aromatic N) is 1. The molecule has 0 bridgehead atoms. The lowest BCUT2D eigenvalue weighted by Crippen LogP contribution is -1.90. The second-order valence-corrected chi connectivity index (χ2v) is 4.12. The summed E-state index contributed by atoms with van der Waals surface area (Å²) in [5.74, 6) is 0.0765. The van der Waals surface area contributed by atoms with Crippen LogP contribution < -0.4 is 0 Å². The molecule has 0 amide bonds. The molecule has 0 aliphatic carbocycles. The van der Waals surface area contributed by atoms with Crippen molar-refractivity contribution >= 4 is 0 Å². The van der Waals surface area contributed by atoms with Crippen molar-refractivity contribution in [3.63, 3.8) is 0 Å². The van der Waals surface area contributed by atoms with Gasteiger partial charge in [-0.15, -0.1) is 0 Å². The first-order valence-corrected chi connectivity index (χ1v) is 5.39. The molecule has 2 rings (SSSR count). The van der Waals surface area contributed by atoms with Crippen LogP contribution in [0, 0.1) is 5.95 Å². The van der Waals surface area contributed by atoms with Crippen molar-refractivity contribution in [2.24, 2.45) is 0 Å². The molecule has 0 spiro atoms. The Labute approximate surface area is 95.0 Å². The molecule has 1 aromatic heterocycles. The third-order valence-corrected chi connectivity index (χ3v) is 2.65. The van der Waals surface area contributed by atoms with E-state index in [1.165, 1.54) is 11.8 Å². The van der Waals surface area contributed by atoms with Crippen LogP contribution in [0.25, 0.3) is 11.1 Å². The quantitative estimate of drug-likeness (QED) is 0.690. The van der Waals surface area contributed by atoms with E-state index in [1.54, 1.807) is 12.1 Å². The molecule has 1 aromatic carbocycles. The fourth-order valence-electron chi connectivity index (χ4n) is 1.65. The second kappa shape index (κ2) is 4.44. The molecule has 1 heterocycles. The van der Waals surface area contributed by atoms with Crippen LogP contribution in [-0.4, -0.2) is 4.98 Å². The molecule has 0 unspecified atom stereocenters. The summed E-state index contributed by atoms with van der Waals surface area (Å²) in [6, 6.07) is 11.4. The summed E-state index contributed by atoms with van der Waals surface area (Å²) in [5.41, 5.74) is 2.68. The summed E-state index contributed by atoms with van der Waals surface area (Å²) in [4.78, 5) is 3.65. The van der Waals surface area contributed by atoms with E-state index in [0.717, 1.165) is 5.56 Å². The van der Waals surface area contributed by atoms with Gasteiger partial charge in [-0.2, -0.15) is 4.39 Å². The predicted molar refractivity (Wildman–Crippen MR) is 63.7 cm³/mol. The van der Waals surface area contributed by atoms with E-state index in [0.29, 0.717) is 11.5 Å². The van der Waals surface area contributed by atoms with Gasteiger partial charge in [0.1, 0.15) is 0 Å². The summed E-state index contributed by atoms with van der Waals surface area (Å²) >= 11 is 0. The highest BCUT2D eigenvalue weighted by Gasteiger charge is 2.05. The Morgan fingerprint density at radius 2 is 1.75 bits per heavy atom. The number of benzene rings is 1. The van der Waals surface area contributed by atoms with Crippen LogP contribution in [-0.2, 0) is 0 Å². The maximum absolute atomic E-state index is 13.4. The van der Waals surface area contributed by atoms with Crippen molar-refractivity contribution in [3.8, 4) is 11.1 Å². The molecule has 0 aliphatic rings. The van der Waals surface area contributed by atoms with Gasteiger partial charge < -0.3 is 0 Å². The average molecular weight is 215 g/mol. The molecule has 1 nitrogen and oxygen atoms in total. The summed E-state index contributed by atoms with van der Waals surface area (Å²) in [5, 5.41) is 0. The molecule has 2 heteroatoms. The van der Waals surface area contributed by atoms with Gasteiger partial charge in [0.2, 0.25) is 5.95 Å². The smallest absolute Gasteiger partial charge is 0.220 e. The van der Waals surface area contributed by atoms with Gasteiger partial charge in [-0.25, -0.2) is 4.98 Å². The first-order valence-electron chi connectivity index (χ1n) is 5.39. The van der Waals surface area contributed by atoms with Crippen LogP contribution in [0.3, 0.4) is 0 Å². The number of hydrogen-bond donors (Lipinski definition) is 0. The predicted octanol–water partition coefficient (Wildman–Crippen LogP) is 4.01. The molecule has 0 saturated carbocycles. The molecule has 0 atom stereocenters. The van der Waals surface area contributed by atoms with Gasteiger partial charge in [-0.05, 0) is 29.2 Å². The van der Waals surface area contributed by atoms with Crippen LogP contribution >= 0.6 is 0 Å². The van der Waals surface area contributed by atoms with Crippen molar-refractivity contribution in [1.82, 2.24) is 4.98 Å². The highest BCUT2D eigenvalue weighted by atomic mass is 19.1. The highest BCUT2D eigenvalue weighted by Crippen LogP contribution is 2.23. The first kappa shape index (κ1) is 10.8. The number of pyridine rings is 1. The third kappa shape index (κ3) is 2.11. The minimum absolute atomic E-state index is 0.417. The van der Waals surface area contributed by atoms with E-state index in [4.69, 9.17) is 0 Å². The third-order valence-electron chi connectivity index (χ3n) is 2.65. The minimum atomic E-state index is -0.417. The zero-order chi connectivity index (χ0) is 11.5. The number of halogens is 1. The Hall–Kier alpha value is -1.70. The highest BCUT2D eigenvalue weighted by molar-refractivity contribution is 5.63. The second-order valence-electron chi connectivity index (χ2n) is 4.12. The SMILES string of the molecule is CC(C)c1ccc(-c2cccnc2F)cc1. The fraction of sp³-hybridized carbons (Fsp3) is 0.214. The van der Waals surface area contributed by atoms with Gasteiger partial charge in [0, 0.05) is 11.8 Å². The summed E-state index contributed by atoms with van der Waals surface area (Å²) in [7, 11) is 0. The number of rotatable bonds is 2. The Bertz CT molecular complexity index is 474. The van der Waals surface area contributed by atoms with E-state index in [1.807, 2.05) is 24.3 Å². The molecular formula is C14H14FN. The van der Waals surface area contributed by atoms with Gasteiger partial charge in [-0.3, -0.25) is 0 Å². The Morgan fingerprint density at radius 3 is 2.31 bits per heavy atom. The van der Waals surface area contributed by atoms with E-state index in [2.05, 4.69) is 18.8 Å². The van der Waals surface area contributed by atoms with Crippen molar-refractivity contribution in [2.45, 2.75) is 19.8 Å². The van der Waals surface area contributed by atoms with Gasteiger partial charge in [0.15, 0.2) is 0 Å². The lowest BCUT2D eigenvalue weighted by molar-refractivity contribution is 0.587. The van der Waals surface area contributed by atoms with Crippen molar-refractivity contribution in [1.29, 1.82) is 0 Å². The first-order chi connectivity index (χ1) is 7.68. The number of aromatic nitrogens is 1. The standard InChI is InChI=1S/C14H14FN/c1-10(2)11-5-7-12(8-6-11)13-4-3-9-16-14(13)15/h3-10H,1-2H3. The average Bonchev–Trinajstić information content (AvgIpc) is 2.30. The lowest BCUT2D eigenvalue weighted by Gasteiger charge is -2.07. The normalized spacial score (nSPS) is 10.8. The van der Waals surface area contributed by atoms with Crippen molar-refractivity contribution in [2.75, 3.05) is 0 Å². The Kier molecular flexibility index (Phi) is 3.00. The molecule has 2 aromatic rings. The van der Waals surface area contributed by atoms with Crippen LogP contribution in [0.2, 0.25) is 0 Å². The van der Waals surface area contributed by atoms with Gasteiger partial charge in [0.25, 0.3) is 0 Å².